The largest absolute Gasteiger partial charge is 0.508 e. The summed E-state index contributed by atoms with van der Waals surface area (Å²) in [4.78, 5) is 0. The summed E-state index contributed by atoms with van der Waals surface area (Å²) >= 11 is 0. The van der Waals surface area contributed by atoms with Crippen LogP contribution in [0.3, 0.4) is 0 Å². The minimum absolute atomic E-state index is 0.349. The second-order valence-corrected chi connectivity index (χ2v) is 5.45. The van der Waals surface area contributed by atoms with Gasteiger partial charge in [-0.25, -0.2) is 0 Å². The van der Waals surface area contributed by atoms with E-state index in [9.17, 15) is 5.11 Å². The number of hydrogen-bond acceptors (Lipinski definition) is 1. The van der Waals surface area contributed by atoms with Crippen molar-refractivity contribution in [3.8, 4) is 5.75 Å². The zero-order valence-electron chi connectivity index (χ0n) is 11.1. The average Bonchev–Trinajstić information content (AvgIpc) is 2.17. The molecule has 0 radical (unpaired) electrons. The van der Waals surface area contributed by atoms with Gasteiger partial charge in [0.1, 0.15) is 5.75 Å². The molecule has 1 aromatic rings. The molecule has 0 heterocycles. The number of hydrogen-bond donors (Lipinski definition) is 1. The Balaban J connectivity index is 2.90. The maximum absolute atomic E-state index is 9.30. The predicted molar refractivity (Wildman–Crippen MR) is 69.7 cm³/mol. The molecular formula is C15H24O. The molecular weight excluding hydrogens is 196 g/mol. The fourth-order valence-electron chi connectivity index (χ4n) is 2.92. The Hall–Kier alpha value is -0.980. The summed E-state index contributed by atoms with van der Waals surface area (Å²) in [7, 11) is 0. The molecule has 1 heteroatoms. The zero-order chi connectivity index (χ0) is 12.3. The first kappa shape index (κ1) is 13.1. The third kappa shape index (κ3) is 3.01. The van der Waals surface area contributed by atoms with Gasteiger partial charge in [-0.15, -0.1) is 0 Å². The second-order valence-electron chi connectivity index (χ2n) is 5.45. The van der Waals surface area contributed by atoms with Gasteiger partial charge >= 0.3 is 0 Å². The SMILES string of the molecule is CC(C)C(C(C)C)C(C)c1ccc(O)cc1. The Labute approximate surface area is 99.5 Å². The molecule has 0 aliphatic heterocycles. The maximum atomic E-state index is 9.30. The normalized spacial score (nSPS) is 13.8. The molecule has 0 aromatic heterocycles. The van der Waals surface area contributed by atoms with Gasteiger partial charge in [-0.3, -0.25) is 0 Å². The first-order valence-electron chi connectivity index (χ1n) is 6.22. The van der Waals surface area contributed by atoms with Crippen molar-refractivity contribution in [1.82, 2.24) is 0 Å². The summed E-state index contributed by atoms with van der Waals surface area (Å²) in [5.41, 5.74) is 1.32. The van der Waals surface area contributed by atoms with Gasteiger partial charge in [0.05, 0.1) is 0 Å². The van der Waals surface area contributed by atoms with Crippen molar-refractivity contribution in [1.29, 1.82) is 0 Å². The van der Waals surface area contributed by atoms with Crippen molar-refractivity contribution in [3.05, 3.63) is 29.8 Å². The molecule has 1 atom stereocenters. The van der Waals surface area contributed by atoms with Gasteiger partial charge in [0.2, 0.25) is 0 Å². The number of rotatable bonds is 4. The molecule has 1 rings (SSSR count). The van der Waals surface area contributed by atoms with E-state index in [0.29, 0.717) is 29.4 Å². The zero-order valence-corrected chi connectivity index (χ0v) is 11.1. The third-order valence-electron chi connectivity index (χ3n) is 3.54. The van der Waals surface area contributed by atoms with Crippen molar-refractivity contribution >= 4 is 0 Å². The highest BCUT2D eigenvalue weighted by Crippen LogP contribution is 2.35. The molecule has 0 amide bonds. The van der Waals surface area contributed by atoms with Crippen molar-refractivity contribution in [2.45, 2.75) is 40.5 Å². The number of aromatic hydroxyl groups is 1. The molecule has 0 saturated heterocycles. The molecule has 0 spiro atoms. The Morgan fingerprint density at radius 3 is 1.62 bits per heavy atom. The highest BCUT2D eigenvalue weighted by Gasteiger charge is 2.24. The Morgan fingerprint density at radius 1 is 0.812 bits per heavy atom. The van der Waals surface area contributed by atoms with Crippen molar-refractivity contribution in [2.75, 3.05) is 0 Å². The molecule has 1 unspecified atom stereocenters. The molecule has 16 heavy (non-hydrogen) atoms. The van der Waals surface area contributed by atoms with Gasteiger partial charge in [-0.1, -0.05) is 46.8 Å². The standard InChI is InChI=1S/C15H24O/c1-10(2)15(11(3)4)12(5)13-6-8-14(16)9-7-13/h6-12,15-16H,1-5H3. The first-order valence-corrected chi connectivity index (χ1v) is 6.22. The minimum atomic E-state index is 0.349. The summed E-state index contributed by atoms with van der Waals surface area (Å²) in [6.07, 6.45) is 0. The lowest BCUT2D eigenvalue weighted by Crippen LogP contribution is -2.22. The van der Waals surface area contributed by atoms with Gasteiger partial charge < -0.3 is 5.11 Å². The maximum Gasteiger partial charge on any atom is 0.115 e. The van der Waals surface area contributed by atoms with Gasteiger partial charge in [0.25, 0.3) is 0 Å². The summed E-state index contributed by atoms with van der Waals surface area (Å²) < 4.78 is 0. The van der Waals surface area contributed by atoms with Crippen molar-refractivity contribution in [2.24, 2.45) is 17.8 Å². The van der Waals surface area contributed by atoms with Gasteiger partial charge in [-0.2, -0.15) is 0 Å². The third-order valence-corrected chi connectivity index (χ3v) is 3.54. The lowest BCUT2D eigenvalue weighted by atomic mass is 9.74. The van der Waals surface area contributed by atoms with Crippen LogP contribution in [0.4, 0.5) is 0 Å². The quantitative estimate of drug-likeness (QED) is 0.796. The fraction of sp³-hybridized carbons (Fsp3) is 0.600. The van der Waals surface area contributed by atoms with Crippen molar-refractivity contribution < 1.29 is 5.11 Å². The number of phenolic OH excluding ortho intramolecular Hbond substituents is 1. The Bertz CT molecular complexity index is 303. The molecule has 0 aliphatic carbocycles. The van der Waals surface area contributed by atoms with Crippen LogP contribution in [0.25, 0.3) is 0 Å². The van der Waals surface area contributed by atoms with E-state index in [2.05, 4.69) is 34.6 Å². The monoisotopic (exact) mass is 220 g/mol. The summed E-state index contributed by atoms with van der Waals surface area (Å²) in [5.74, 6) is 2.94. The first-order chi connectivity index (χ1) is 7.43. The van der Waals surface area contributed by atoms with E-state index in [1.54, 1.807) is 12.1 Å². The van der Waals surface area contributed by atoms with Crippen LogP contribution >= 0.6 is 0 Å². The molecule has 0 aliphatic rings. The van der Waals surface area contributed by atoms with Crippen LogP contribution in [0, 0.1) is 17.8 Å². The second kappa shape index (κ2) is 5.38. The summed E-state index contributed by atoms with van der Waals surface area (Å²) in [6.45, 7) is 11.5. The fourth-order valence-corrected chi connectivity index (χ4v) is 2.92. The van der Waals surface area contributed by atoms with Crippen LogP contribution in [0.5, 0.6) is 5.75 Å². The summed E-state index contributed by atoms with van der Waals surface area (Å²) in [6, 6.07) is 7.64. The lowest BCUT2D eigenvalue weighted by molar-refractivity contribution is 0.247. The van der Waals surface area contributed by atoms with E-state index < -0.39 is 0 Å². The van der Waals surface area contributed by atoms with E-state index in [1.165, 1.54) is 5.56 Å². The van der Waals surface area contributed by atoms with E-state index >= 15 is 0 Å². The van der Waals surface area contributed by atoms with Crippen LogP contribution < -0.4 is 0 Å². The van der Waals surface area contributed by atoms with E-state index in [1.807, 2.05) is 12.1 Å². The molecule has 1 N–H and O–H groups in total. The highest BCUT2D eigenvalue weighted by molar-refractivity contribution is 5.28. The van der Waals surface area contributed by atoms with E-state index in [4.69, 9.17) is 0 Å². The number of phenols is 1. The van der Waals surface area contributed by atoms with E-state index in [0.717, 1.165) is 0 Å². The van der Waals surface area contributed by atoms with Gasteiger partial charge in [-0.05, 0) is 41.4 Å². The summed E-state index contributed by atoms with van der Waals surface area (Å²) in [5, 5.41) is 9.30. The van der Waals surface area contributed by atoms with Crippen LogP contribution in [0.15, 0.2) is 24.3 Å². The highest BCUT2D eigenvalue weighted by atomic mass is 16.3. The van der Waals surface area contributed by atoms with Crippen LogP contribution in [0.1, 0.15) is 46.1 Å². The molecule has 1 nitrogen and oxygen atoms in total. The Kier molecular flexibility index (Phi) is 4.40. The molecule has 90 valence electrons. The molecule has 0 saturated carbocycles. The van der Waals surface area contributed by atoms with Gasteiger partial charge in [0, 0.05) is 0 Å². The Morgan fingerprint density at radius 2 is 1.25 bits per heavy atom. The minimum Gasteiger partial charge on any atom is -0.508 e. The van der Waals surface area contributed by atoms with Crippen LogP contribution in [0.2, 0.25) is 0 Å². The lowest BCUT2D eigenvalue weighted by Gasteiger charge is -2.31. The predicted octanol–water partition coefficient (Wildman–Crippen LogP) is 4.42. The van der Waals surface area contributed by atoms with Crippen LogP contribution in [-0.4, -0.2) is 5.11 Å². The van der Waals surface area contributed by atoms with E-state index in [-0.39, 0.29) is 0 Å². The molecule has 1 aromatic carbocycles. The topological polar surface area (TPSA) is 20.2 Å². The molecule has 0 bridgehead atoms. The average molecular weight is 220 g/mol. The van der Waals surface area contributed by atoms with Crippen LogP contribution in [-0.2, 0) is 0 Å². The molecule has 0 fully saturated rings. The smallest absolute Gasteiger partial charge is 0.115 e. The van der Waals surface area contributed by atoms with Gasteiger partial charge in [0.15, 0.2) is 0 Å². The van der Waals surface area contributed by atoms with Crippen molar-refractivity contribution in [3.63, 3.8) is 0 Å². The number of benzene rings is 1.